The molecule has 0 aliphatic carbocycles. The number of halogens is 1. The van der Waals surface area contributed by atoms with Gasteiger partial charge in [0, 0.05) is 6.42 Å². The number of hydrogen-bond acceptors (Lipinski definition) is 6. The van der Waals surface area contributed by atoms with Crippen molar-refractivity contribution in [3.63, 3.8) is 0 Å². The molecule has 0 aliphatic rings. The fraction of sp³-hybridized carbons (Fsp3) is 0.471. The lowest BCUT2D eigenvalue weighted by Gasteiger charge is -2.20. The summed E-state index contributed by atoms with van der Waals surface area (Å²) in [6.07, 6.45) is 2.94. The van der Waals surface area contributed by atoms with E-state index in [1.807, 2.05) is 12.3 Å². The summed E-state index contributed by atoms with van der Waals surface area (Å²) in [5, 5.41) is 11.2. The number of rotatable bonds is 7. The van der Waals surface area contributed by atoms with Gasteiger partial charge in [-0.2, -0.15) is 0 Å². The summed E-state index contributed by atoms with van der Waals surface area (Å²) in [4.78, 5) is 11.9. The first-order valence-electron chi connectivity index (χ1n) is 7.90. The average molecular weight is 444 g/mol. The molecular formula is C17H22BrN3O2S2. The van der Waals surface area contributed by atoms with Crippen LogP contribution in [0, 0.1) is 0 Å². The molecule has 1 aromatic carbocycles. The molecule has 1 aromatic heterocycles. The van der Waals surface area contributed by atoms with Gasteiger partial charge in [-0.1, -0.05) is 49.9 Å². The minimum absolute atomic E-state index is 0.0745. The number of nitrogens with zero attached hydrogens (tertiary/aromatic N) is 2. The number of nitrogens with one attached hydrogen (secondary N) is 1. The summed E-state index contributed by atoms with van der Waals surface area (Å²) in [6.45, 7) is 7.00. The van der Waals surface area contributed by atoms with Gasteiger partial charge < -0.3 is 10.1 Å². The Morgan fingerprint density at radius 2 is 2.12 bits per heavy atom. The van der Waals surface area contributed by atoms with Crippen LogP contribution in [0.5, 0.6) is 5.75 Å². The number of ether oxygens (including phenoxy) is 1. The van der Waals surface area contributed by atoms with Crippen molar-refractivity contribution in [2.24, 2.45) is 0 Å². The Labute approximate surface area is 165 Å². The number of amides is 1. The zero-order chi connectivity index (χ0) is 18.4. The molecule has 2 rings (SSSR count). The SMILES string of the molecule is CSc1nnc(NC(=O)CCCOc2ccc(C(C)(C)C)cc2Br)s1. The summed E-state index contributed by atoms with van der Waals surface area (Å²) >= 11 is 6.44. The van der Waals surface area contributed by atoms with Crippen LogP contribution in [-0.2, 0) is 10.2 Å². The van der Waals surface area contributed by atoms with E-state index in [0.29, 0.717) is 24.6 Å². The smallest absolute Gasteiger partial charge is 0.226 e. The van der Waals surface area contributed by atoms with Gasteiger partial charge in [0.25, 0.3) is 0 Å². The molecule has 5 nitrogen and oxygen atoms in total. The second-order valence-corrected chi connectivity index (χ2v) is 9.36. The maximum absolute atomic E-state index is 11.9. The minimum atomic E-state index is -0.0745. The molecule has 0 saturated carbocycles. The van der Waals surface area contributed by atoms with Crippen LogP contribution in [0.15, 0.2) is 27.0 Å². The van der Waals surface area contributed by atoms with E-state index >= 15 is 0 Å². The number of anilines is 1. The molecule has 0 radical (unpaired) electrons. The summed E-state index contributed by atoms with van der Waals surface area (Å²) in [6, 6.07) is 6.13. The zero-order valence-electron chi connectivity index (χ0n) is 14.8. The van der Waals surface area contributed by atoms with Gasteiger partial charge in [0.2, 0.25) is 11.0 Å². The van der Waals surface area contributed by atoms with Crippen molar-refractivity contribution in [2.75, 3.05) is 18.2 Å². The lowest BCUT2D eigenvalue weighted by atomic mass is 9.87. The first kappa shape index (κ1) is 20.2. The molecule has 2 aromatic rings. The third kappa shape index (κ3) is 6.27. The molecule has 0 atom stereocenters. The highest BCUT2D eigenvalue weighted by atomic mass is 79.9. The van der Waals surface area contributed by atoms with Gasteiger partial charge in [-0.25, -0.2) is 0 Å². The molecule has 25 heavy (non-hydrogen) atoms. The fourth-order valence-corrected chi connectivity index (χ4v) is 3.70. The van der Waals surface area contributed by atoms with E-state index < -0.39 is 0 Å². The van der Waals surface area contributed by atoms with E-state index in [1.54, 1.807) is 0 Å². The van der Waals surface area contributed by atoms with Crippen LogP contribution in [0.25, 0.3) is 0 Å². The zero-order valence-corrected chi connectivity index (χ0v) is 18.0. The van der Waals surface area contributed by atoms with Crippen molar-refractivity contribution in [3.8, 4) is 5.75 Å². The first-order chi connectivity index (χ1) is 11.8. The maximum Gasteiger partial charge on any atom is 0.226 e. The molecule has 0 spiro atoms. The van der Waals surface area contributed by atoms with Crippen molar-refractivity contribution in [1.82, 2.24) is 10.2 Å². The lowest BCUT2D eigenvalue weighted by Crippen LogP contribution is -2.13. The van der Waals surface area contributed by atoms with E-state index in [9.17, 15) is 4.79 Å². The molecule has 0 saturated heterocycles. The van der Waals surface area contributed by atoms with Crippen LogP contribution in [0.2, 0.25) is 0 Å². The molecule has 8 heteroatoms. The van der Waals surface area contributed by atoms with Gasteiger partial charge in [-0.15, -0.1) is 10.2 Å². The quantitative estimate of drug-likeness (QED) is 0.365. The van der Waals surface area contributed by atoms with Gasteiger partial charge >= 0.3 is 0 Å². The van der Waals surface area contributed by atoms with Gasteiger partial charge in [0.15, 0.2) is 4.34 Å². The molecule has 1 N–H and O–H groups in total. The number of benzene rings is 1. The third-order valence-electron chi connectivity index (χ3n) is 3.43. The van der Waals surface area contributed by atoms with E-state index in [2.05, 4.69) is 64.3 Å². The fourth-order valence-electron chi connectivity index (χ4n) is 2.02. The van der Waals surface area contributed by atoms with Gasteiger partial charge in [-0.05, 0) is 51.7 Å². The highest BCUT2D eigenvalue weighted by Gasteiger charge is 2.15. The second-order valence-electron chi connectivity index (χ2n) is 6.47. The number of carbonyl (C=O) groups is 1. The second kappa shape index (κ2) is 9.00. The van der Waals surface area contributed by atoms with E-state index in [1.165, 1.54) is 28.7 Å². The molecule has 0 aliphatic heterocycles. The number of thioether (sulfide) groups is 1. The summed E-state index contributed by atoms with van der Waals surface area (Å²) in [7, 11) is 0. The third-order valence-corrected chi connectivity index (χ3v) is 5.87. The van der Waals surface area contributed by atoms with Crippen LogP contribution in [0.4, 0.5) is 5.13 Å². The molecule has 136 valence electrons. The molecule has 1 amide bonds. The van der Waals surface area contributed by atoms with Crippen LogP contribution < -0.4 is 10.1 Å². The van der Waals surface area contributed by atoms with Crippen LogP contribution in [-0.4, -0.2) is 29.0 Å². The predicted octanol–water partition coefficient (Wildman–Crippen LogP) is 5.12. The molecule has 0 bridgehead atoms. The Morgan fingerprint density at radius 1 is 1.36 bits per heavy atom. The van der Waals surface area contributed by atoms with E-state index in [-0.39, 0.29) is 11.3 Å². The van der Waals surface area contributed by atoms with Crippen molar-refractivity contribution >= 4 is 50.1 Å². The lowest BCUT2D eigenvalue weighted by molar-refractivity contribution is -0.116. The molecule has 0 fully saturated rings. The Morgan fingerprint density at radius 3 is 2.72 bits per heavy atom. The van der Waals surface area contributed by atoms with Crippen molar-refractivity contribution < 1.29 is 9.53 Å². The van der Waals surface area contributed by atoms with E-state index in [4.69, 9.17) is 4.74 Å². The average Bonchev–Trinajstić information content (AvgIpc) is 2.99. The highest BCUT2D eigenvalue weighted by molar-refractivity contribution is 9.10. The minimum Gasteiger partial charge on any atom is -0.492 e. The maximum atomic E-state index is 11.9. The number of aromatic nitrogens is 2. The summed E-state index contributed by atoms with van der Waals surface area (Å²) in [5.74, 6) is 0.719. The van der Waals surface area contributed by atoms with E-state index in [0.717, 1.165) is 14.6 Å². The van der Waals surface area contributed by atoms with Crippen LogP contribution >= 0.6 is 39.0 Å². The topological polar surface area (TPSA) is 64.1 Å². The van der Waals surface area contributed by atoms with Crippen molar-refractivity contribution in [2.45, 2.75) is 43.4 Å². The number of hydrogen-bond donors (Lipinski definition) is 1. The van der Waals surface area contributed by atoms with Crippen LogP contribution in [0.3, 0.4) is 0 Å². The van der Waals surface area contributed by atoms with Gasteiger partial charge in [0.05, 0.1) is 11.1 Å². The van der Waals surface area contributed by atoms with Crippen LogP contribution in [0.1, 0.15) is 39.2 Å². The Bertz CT molecular complexity index is 729. The highest BCUT2D eigenvalue weighted by Crippen LogP contribution is 2.31. The summed E-state index contributed by atoms with van der Waals surface area (Å²) < 4.78 is 7.54. The first-order valence-corrected chi connectivity index (χ1v) is 10.7. The molecular weight excluding hydrogens is 422 g/mol. The predicted molar refractivity (Wildman–Crippen MR) is 108 cm³/mol. The molecule has 1 heterocycles. The van der Waals surface area contributed by atoms with Crippen molar-refractivity contribution in [3.05, 3.63) is 28.2 Å². The van der Waals surface area contributed by atoms with Gasteiger partial charge in [-0.3, -0.25) is 4.79 Å². The normalized spacial score (nSPS) is 11.4. The summed E-state index contributed by atoms with van der Waals surface area (Å²) in [5.41, 5.74) is 1.34. The standard InChI is InChI=1S/C17H22BrN3O2S2/c1-17(2,3)11-7-8-13(12(18)10-11)23-9-5-6-14(22)19-15-20-21-16(24-4)25-15/h7-8,10H,5-6,9H2,1-4H3,(H,19,20,22). The van der Waals surface area contributed by atoms with Gasteiger partial charge in [0.1, 0.15) is 5.75 Å². The van der Waals surface area contributed by atoms with Crippen molar-refractivity contribution in [1.29, 1.82) is 0 Å². The number of carbonyl (C=O) groups excluding carboxylic acids is 1. The Balaban J connectivity index is 1.76. The Kier molecular flexibility index (Phi) is 7.27. The largest absolute Gasteiger partial charge is 0.492 e. The monoisotopic (exact) mass is 443 g/mol. The Hall–Kier alpha value is -1.12. The molecule has 0 unspecified atom stereocenters.